The van der Waals surface area contributed by atoms with E-state index in [4.69, 9.17) is 0 Å². The van der Waals surface area contributed by atoms with Crippen molar-refractivity contribution in [1.82, 2.24) is 24.0 Å². The molecule has 0 atom stereocenters. The molecule has 37 heavy (non-hydrogen) atoms. The highest BCUT2D eigenvalue weighted by atomic mass is 19.4. The Hall–Kier alpha value is -3.71. The van der Waals surface area contributed by atoms with Crippen LogP contribution in [0.5, 0.6) is 0 Å². The van der Waals surface area contributed by atoms with Crippen molar-refractivity contribution < 1.29 is 35.9 Å². The molecule has 3 aromatic rings. The number of aromatic nitrogens is 3. The van der Waals surface area contributed by atoms with Crippen molar-refractivity contribution in [2.24, 2.45) is 12.5 Å². The molecule has 1 N–H and O–H groups in total. The van der Waals surface area contributed by atoms with Crippen LogP contribution < -0.4 is 5.32 Å². The summed E-state index contributed by atoms with van der Waals surface area (Å²) in [6.07, 6.45) is -3.93. The summed E-state index contributed by atoms with van der Waals surface area (Å²) in [5.74, 6) is -0.236. The number of alkyl halides is 6. The molecule has 2 aromatic heterocycles. The van der Waals surface area contributed by atoms with E-state index in [1.54, 1.807) is 33.4 Å². The van der Waals surface area contributed by atoms with Crippen molar-refractivity contribution in [1.29, 1.82) is 0 Å². The van der Waals surface area contributed by atoms with Gasteiger partial charge in [0.05, 0.1) is 11.8 Å². The lowest BCUT2D eigenvalue weighted by molar-refractivity contribution is -0.158. The molecule has 3 heterocycles. The molecule has 3 amide bonds. The van der Waals surface area contributed by atoms with Crippen molar-refractivity contribution in [2.45, 2.75) is 31.2 Å². The summed E-state index contributed by atoms with van der Waals surface area (Å²) in [7, 11) is 1.78. The standard InChI is InChI=1S/C23H22F6N6O2/c1-32-5-6-35-18(32)17(10-30-35)19(36)33-11-21(12-33)8-16(9-21)34(13-22(24,25)26)20(37)31-15-4-2-3-14(7-15)23(27,28)29/h2-7,10,16H,8-9,11-13H2,1H3,(H,31,37). The fourth-order valence-corrected chi connectivity index (χ4v) is 5.23. The molecule has 1 aliphatic heterocycles. The SMILES string of the molecule is Cn1ccn2ncc(C(=O)N3CC4(CC(N(CC(F)(F)F)C(=O)Nc5cccc(C(F)(F)F)c5)C4)C3)c12. The lowest BCUT2D eigenvalue weighted by Crippen LogP contribution is -2.68. The van der Waals surface area contributed by atoms with Gasteiger partial charge in [-0.05, 0) is 31.0 Å². The van der Waals surface area contributed by atoms with E-state index in [-0.39, 0.29) is 24.4 Å². The number of aryl methyl sites for hydroxylation is 1. The summed E-state index contributed by atoms with van der Waals surface area (Å²) in [5, 5.41) is 6.31. The summed E-state index contributed by atoms with van der Waals surface area (Å²) >= 11 is 0. The van der Waals surface area contributed by atoms with E-state index in [0.717, 1.165) is 12.1 Å². The van der Waals surface area contributed by atoms with E-state index in [2.05, 4.69) is 10.4 Å². The number of imidazole rings is 1. The molecular weight excluding hydrogens is 506 g/mol. The number of rotatable bonds is 4. The number of hydrogen-bond acceptors (Lipinski definition) is 3. The summed E-state index contributed by atoms with van der Waals surface area (Å²) in [6, 6.07) is 1.82. The third-order valence-corrected chi connectivity index (χ3v) is 6.93. The molecule has 2 aliphatic rings. The van der Waals surface area contributed by atoms with Gasteiger partial charge in [-0.3, -0.25) is 4.79 Å². The number of urea groups is 1. The van der Waals surface area contributed by atoms with Crippen LogP contribution in [0, 0.1) is 5.41 Å². The summed E-state index contributed by atoms with van der Waals surface area (Å²) < 4.78 is 82.0. The third kappa shape index (κ3) is 4.71. The quantitative estimate of drug-likeness (QED) is 0.511. The highest BCUT2D eigenvalue weighted by Gasteiger charge is 2.57. The molecule has 1 spiro atoms. The predicted octanol–water partition coefficient (Wildman–Crippen LogP) is 4.39. The molecule has 1 saturated carbocycles. The van der Waals surface area contributed by atoms with Crippen LogP contribution in [0.25, 0.3) is 5.65 Å². The van der Waals surface area contributed by atoms with Crippen LogP contribution in [0.2, 0.25) is 0 Å². The highest BCUT2D eigenvalue weighted by molar-refractivity contribution is 6.00. The number of carbonyl (C=O) groups is 2. The van der Waals surface area contributed by atoms with E-state index in [9.17, 15) is 35.9 Å². The molecule has 1 aliphatic carbocycles. The zero-order valence-corrected chi connectivity index (χ0v) is 19.5. The molecule has 8 nitrogen and oxygen atoms in total. The van der Waals surface area contributed by atoms with Gasteiger partial charge < -0.3 is 19.7 Å². The lowest BCUT2D eigenvalue weighted by atomic mass is 9.60. The number of anilines is 1. The average molecular weight is 528 g/mol. The molecule has 198 valence electrons. The Kier molecular flexibility index (Phi) is 5.68. The van der Waals surface area contributed by atoms with Gasteiger partial charge in [-0.2, -0.15) is 31.4 Å². The number of amides is 3. The number of nitrogens with one attached hydrogen (secondary N) is 1. The second-order valence-corrected chi connectivity index (χ2v) is 9.71. The largest absolute Gasteiger partial charge is 0.416 e. The van der Waals surface area contributed by atoms with Crippen LogP contribution in [-0.2, 0) is 13.2 Å². The summed E-state index contributed by atoms with van der Waals surface area (Å²) in [4.78, 5) is 27.9. The highest BCUT2D eigenvalue weighted by Crippen LogP contribution is 2.51. The van der Waals surface area contributed by atoms with Gasteiger partial charge >= 0.3 is 18.4 Å². The van der Waals surface area contributed by atoms with E-state index in [1.807, 2.05) is 0 Å². The number of fused-ring (bicyclic) bond motifs is 1. The molecular formula is C23H22F6N6O2. The van der Waals surface area contributed by atoms with Crippen molar-refractivity contribution in [3.8, 4) is 0 Å². The van der Waals surface area contributed by atoms with Gasteiger partial charge in [0.1, 0.15) is 17.8 Å². The Morgan fingerprint density at radius 1 is 1.14 bits per heavy atom. The fourth-order valence-electron chi connectivity index (χ4n) is 5.23. The van der Waals surface area contributed by atoms with E-state index in [0.29, 0.717) is 35.3 Å². The van der Waals surface area contributed by atoms with Gasteiger partial charge in [0.15, 0.2) is 0 Å². The zero-order valence-electron chi connectivity index (χ0n) is 19.5. The van der Waals surface area contributed by atoms with Crippen LogP contribution in [0.1, 0.15) is 28.8 Å². The van der Waals surface area contributed by atoms with Crippen LogP contribution >= 0.6 is 0 Å². The second kappa shape index (κ2) is 8.42. The van der Waals surface area contributed by atoms with Crippen LogP contribution in [0.4, 0.5) is 36.8 Å². The first-order valence-electron chi connectivity index (χ1n) is 11.3. The lowest BCUT2D eigenvalue weighted by Gasteiger charge is -2.60. The number of benzene rings is 1. The Bertz CT molecular complexity index is 1350. The maximum absolute atomic E-state index is 13.3. The molecule has 14 heteroatoms. The summed E-state index contributed by atoms with van der Waals surface area (Å²) in [5.41, 5.74) is -0.645. The maximum atomic E-state index is 13.3. The number of hydrogen-bond donors (Lipinski definition) is 1. The first-order chi connectivity index (χ1) is 17.2. The number of likely N-dealkylation sites (tertiary alicyclic amines) is 1. The average Bonchev–Trinajstić information content (AvgIpc) is 3.32. The van der Waals surface area contributed by atoms with Crippen molar-refractivity contribution in [3.05, 3.63) is 54.0 Å². The Morgan fingerprint density at radius 2 is 1.84 bits per heavy atom. The fraction of sp³-hybridized carbons (Fsp3) is 0.435. The van der Waals surface area contributed by atoms with Gasteiger partial charge in [0, 0.05) is 49.7 Å². The molecule has 0 unspecified atom stereocenters. The summed E-state index contributed by atoms with van der Waals surface area (Å²) in [6.45, 7) is -0.874. The van der Waals surface area contributed by atoms with Gasteiger partial charge in [-0.25, -0.2) is 9.31 Å². The Balaban J connectivity index is 1.24. The van der Waals surface area contributed by atoms with E-state index < -0.39 is 41.9 Å². The third-order valence-electron chi connectivity index (χ3n) is 6.93. The first-order valence-corrected chi connectivity index (χ1v) is 11.3. The molecule has 1 saturated heterocycles. The van der Waals surface area contributed by atoms with Gasteiger partial charge in [0.2, 0.25) is 0 Å². The molecule has 2 fully saturated rings. The minimum atomic E-state index is -4.70. The van der Waals surface area contributed by atoms with Crippen LogP contribution in [0.15, 0.2) is 42.9 Å². The monoisotopic (exact) mass is 528 g/mol. The number of halogens is 6. The second-order valence-electron chi connectivity index (χ2n) is 9.71. The normalized spacial score (nSPS) is 17.5. The molecule has 5 rings (SSSR count). The Morgan fingerprint density at radius 3 is 2.49 bits per heavy atom. The predicted molar refractivity (Wildman–Crippen MR) is 119 cm³/mol. The van der Waals surface area contributed by atoms with Crippen molar-refractivity contribution in [3.63, 3.8) is 0 Å². The maximum Gasteiger partial charge on any atom is 0.416 e. The van der Waals surface area contributed by atoms with Crippen LogP contribution in [0.3, 0.4) is 0 Å². The van der Waals surface area contributed by atoms with Gasteiger partial charge in [-0.15, -0.1) is 0 Å². The van der Waals surface area contributed by atoms with Crippen LogP contribution in [-0.4, -0.2) is 67.8 Å². The number of carbonyl (C=O) groups excluding carboxylic acids is 2. The topological polar surface area (TPSA) is 74.9 Å². The molecule has 0 bridgehead atoms. The van der Waals surface area contributed by atoms with E-state index >= 15 is 0 Å². The molecule has 1 aromatic carbocycles. The first kappa shape index (κ1) is 25.0. The van der Waals surface area contributed by atoms with Gasteiger partial charge in [-0.1, -0.05) is 6.07 Å². The smallest absolute Gasteiger partial charge is 0.337 e. The molecule has 0 radical (unpaired) electrons. The minimum absolute atomic E-state index is 0.236. The van der Waals surface area contributed by atoms with Crippen molar-refractivity contribution >= 4 is 23.3 Å². The number of nitrogens with zero attached hydrogens (tertiary/aromatic N) is 5. The Labute approximate surface area is 206 Å². The van der Waals surface area contributed by atoms with Crippen molar-refractivity contribution in [2.75, 3.05) is 25.0 Å². The van der Waals surface area contributed by atoms with E-state index in [1.165, 1.54) is 12.3 Å². The minimum Gasteiger partial charge on any atom is -0.337 e. The zero-order chi connectivity index (χ0) is 26.8. The van der Waals surface area contributed by atoms with Gasteiger partial charge in [0.25, 0.3) is 5.91 Å².